The van der Waals surface area contributed by atoms with Crippen molar-refractivity contribution < 1.29 is 18.3 Å². The quantitative estimate of drug-likeness (QED) is 0.869. The van der Waals surface area contributed by atoms with E-state index in [4.69, 9.17) is 10.4 Å². The Morgan fingerprint density at radius 1 is 1.50 bits per heavy atom. The molecular weight excluding hydrogens is 247 g/mol. The summed E-state index contributed by atoms with van der Waals surface area (Å²) in [6.45, 7) is 1.80. The van der Waals surface area contributed by atoms with E-state index in [-0.39, 0.29) is 17.9 Å². The second-order valence-electron chi connectivity index (χ2n) is 3.77. The molecule has 0 radical (unpaired) electrons. The molecule has 1 atom stereocenters. The summed E-state index contributed by atoms with van der Waals surface area (Å²) in [5.41, 5.74) is -1.02. The van der Waals surface area contributed by atoms with Crippen LogP contribution in [0.25, 0.3) is 0 Å². The van der Waals surface area contributed by atoms with Crippen molar-refractivity contribution >= 4 is 5.82 Å². The predicted molar refractivity (Wildman–Crippen MR) is 58.7 cm³/mol. The van der Waals surface area contributed by atoms with Crippen LogP contribution in [0, 0.1) is 11.3 Å². The number of anilines is 1. The number of aliphatic hydroxyl groups excluding tert-OH is 1. The molecule has 0 aliphatic carbocycles. The Morgan fingerprint density at radius 3 is 2.67 bits per heavy atom. The fourth-order valence-electron chi connectivity index (χ4n) is 1.24. The number of aliphatic hydroxyl groups is 1. The second kappa shape index (κ2) is 5.69. The lowest BCUT2D eigenvalue weighted by atomic mass is 10.2. The first-order valence-electron chi connectivity index (χ1n) is 5.25. The topological polar surface area (TPSA) is 68.9 Å². The molecule has 0 amide bonds. The zero-order valence-electron chi connectivity index (χ0n) is 9.62. The Morgan fingerprint density at radius 2 is 2.17 bits per heavy atom. The normalized spacial score (nSPS) is 12.9. The summed E-state index contributed by atoms with van der Waals surface area (Å²) >= 11 is 0. The van der Waals surface area contributed by atoms with E-state index in [0.717, 1.165) is 12.1 Å². The van der Waals surface area contributed by atoms with Crippen LogP contribution in [0.1, 0.15) is 24.6 Å². The van der Waals surface area contributed by atoms with Crippen LogP contribution in [0.2, 0.25) is 0 Å². The lowest BCUT2D eigenvalue weighted by Crippen LogP contribution is -2.14. The third kappa shape index (κ3) is 3.89. The van der Waals surface area contributed by atoms with Gasteiger partial charge in [-0.05, 0) is 25.5 Å². The highest BCUT2D eigenvalue weighted by atomic mass is 19.4. The van der Waals surface area contributed by atoms with Gasteiger partial charge in [0.2, 0.25) is 0 Å². The van der Waals surface area contributed by atoms with Crippen LogP contribution in [0.3, 0.4) is 0 Å². The smallest absolute Gasteiger partial charge is 0.393 e. The zero-order valence-corrected chi connectivity index (χ0v) is 9.62. The van der Waals surface area contributed by atoms with Crippen LogP contribution in [0.5, 0.6) is 0 Å². The number of hydrogen-bond donors (Lipinski definition) is 2. The fourth-order valence-corrected chi connectivity index (χ4v) is 1.24. The van der Waals surface area contributed by atoms with E-state index in [1.54, 1.807) is 13.0 Å². The third-order valence-electron chi connectivity index (χ3n) is 2.16. The Labute approximate surface area is 102 Å². The van der Waals surface area contributed by atoms with Crippen molar-refractivity contribution in [2.24, 2.45) is 0 Å². The van der Waals surface area contributed by atoms with Gasteiger partial charge in [0.25, 0.3) is 0 Å². The summed E-state index contributed by atoms with van der Waals surface area (Å²) in [4.78, 5) is 3.37. The molecule has 0 saturated carbocycles. The molecule has 1 aromatic rings. The molecule has 1 heterocycles. The maximum Gasteiger partial charge on any atom is 0.433 e. The molecule has 0 spiro atoms. The van der Waals surface area contributed by atoms with Gasteiger partial charge >= 0.3 is 6.18 Å². The molecule has 1 rings (SSSR count). The molecule has 0 aliphatic rings. The molecule has 1 aromatic heterocycles. The number of alkyl halides is 3. The molecule has 0 bridgehead atoms. The van der Waals surface area contributed by atoms with Gasteiger partial charge in [-0.3, -0.25) is 0 Å². The number of nitriles is 1. The minimum Gasteiger partial charge on any atom is -0.393 e. The molecule has 0 aromatic carbocycles. The highest BCUT2D eigenvalue weighted by Gasteiger charge is 2.33. The fraction of sp³-hybridized carbons (Fsp3) is 0.455. The van der Waals surface area contributed by atoms with Crippen molar-refractivity contribution in [3.8, 4) is 6.07 Å². The number of aromatic nitrogens is 1. The average Bonchev–Trinajstić information content (AvgIpc) is 2.27. The van der Waals surface area contributed by atoms with Gasteiger partial charge in [-0.15, -0.1) is 0 Å². The van der Waals surface area contributed by atoms with Gasteiger partial charge in [-0.1, -0.05) is 0 Å². The Hall–Kier alpha value is -1.81. The second-order valence-corrected chi connectivity index (χ2v) is 3.77. The summed E-state index contributed by atoms with van der Waals surface area (Å²) in [5, 5.41) is 20.4. The van der Waals surface area contributed by atoms with Crippen LogP contribution in [-0.4, -0.2) is 22.7 Å². The van der Waals surface area contributed by atoms with Crippen molar-refractivity contribution in [1.29, 1.82) is 5.26 Å². The van der Waals surface area contributed by atoms with Crippen LogP contribution in [0.15, 0.2) is 12.1 Å². The first-order valence-corrected chi connectivity index (χ1v) is 5.25. The molecule has 98 valence electrons. The van der Waals surface area contributed by atoms with Crippen molar-refractivity contribution in [2.45, 2.75) is 25.6 Å². The molecule has 18 heavy (non-hydrogen) atoms. The third-order valence-corrected chi connectivity index (χ3v) is 2.16. The van der Waals surface area contributed by atoms with Crippen LogP contribution >= 0.6 is 0 Å². The average molecular weight is 259 g/mol. The van der Waals surface area contributed by atoms with Crippen LogP contribution in [-0.2, 0) is 6.18 Å². The van der Waals surface area contributed by atoms with E-state index >= 15 is 0 Å². The van der Waals surface area contributed by atoms with Crippen molar-refractivity contribution in [2.75, 3.05) is 11.9 Å². The molecule has 0 aliphatic heterocycles. The summed E-state index contributed by atoms with van der Waals surface area (Å²) in [6.07, 6.45) is -4.77. The van der Waals surface area contributed by atoms with Gasteiger partial charge in [-0.25, -0.2) is 4.98 Å². The first-order chi connectivity index (χ1) is 8.34. The highest BCUT2D eigenvalue weighted by molar-refractivity contribution is 5.52. The van der Waals surface area contributed by atoms with Gasteiger partial charge in [0.1, 0.15) is 17.6 Å². The Kier molecular flexibility index (Phi) is 4.50. The standard InChI is InChI=1S/C11H12F3N3O/c1-7(18)4-5-16-10-8(6-15)2-3-9(17-10)11(12,13)14/h2-3,7,18H,4-5H2,1H3,(H,16,17). The van der Waals surface area contributed by atoms with E-state index in [2.05, 4.69) is 10.3 Å². The van der Waals surface area contributed by atoms with Crippen LogP contribution < -0.4 is 5.32 Å². The van der Waals surface area contributed by atoms with Gasteiger partial charge in [-0.2, -0.15) is 18.4 Å². The number of nitrogens with one attached hydrogen (secondary N) is 1. The number of halogens is 3. The molecular formula is C11H12F3N3O. The van der Waals surface area contributed by atoms with Crippen molar-refractivity contribution in [3.05, 3.63) is 23.4 Å². The first kappa shape index (κ1) is 14.3. The van der Waals surface area contributed by atoms with Gasteiger partial charge in [0.05, 0.1) is 11.7 Å². The summed E-state index contributed by atoms with van der Waals surface area (Å²) in [6, 6.07) is 3.59. The predicted octanol–water partition coefficient (Wildman–Crippen LogP) is 2.15. The molecule has 0 saturated heterocycles. The zero-order chi connectivity index (χ0) is 13.8. The number of hydrogen-bond acceptors (Lipinski definition) is 4. The molecule has 7 heteroatoms. The lowest BCUT2D eigenvalue weighted by molar-refractivity contribution is -0.141. The van der Waals surface area contributed by atoms with E-state index < -0.39 is 18.0 Å². The summed E-state index contributed by atoms with van der Waals surface area (Å²) < 4.78 is 37.3. The SMILES string of the molecule is CC(O)CCNc1nc(C(F)(F)F)ccc1C#N. The van der Waals surface area contributed by atoms with Crippen LogP contribution in [0.4, 0.5) is 19.0 Å². The van der Waals surface area contributed by atoms with Gasteiger partial charge < -0.3 is 10.4 Å². The van der Waals surface area contributed by atoms with Gasteiger partial charge in [0, 0.05) is 6.54 Å². The molecule has 2 N–H and O–H groups in total. The lowest BCUT2D eigenvalue weighted by Gasteiger charge is -2.11. The molecule has 4 nitrogen and oxygen atoms in total. The van der Waals surface area contributed by atoms with E-state index in [9.17, 15) is 13.2 Å². The largest absolute Gasteiger partial charge is 0.433 e. The summed E-state index contributed by atoms with van der Waals surface area (Å²) in [7, 11) is 0. The number of rotatable bonds is 4. The van der Waals surface area contributed by atoms with E-state index in [1.165, 1.54) is 0 Å². The summed E-state index contributed by atoms with van der Waals surface area (Å²) in [5.74, 6) is -0.118. The maximum absolute atomic E-state index is 12.4. The molecule has 1 unspecified atom stereocenters. The highest BCUT2D eigenvalue weighted by Crippen LogP contribution is 2.29. The van der Waals surface area contributed by atoms with Crippen molar-refractivity contribution in [1.82, 2.24) is 4.98 Å². The minimum atomic E-state index is -4.55. The monoisotopic (exact) mass is 259 g/mol. The van der Waals surface area contributed by atoms with E-state index in [1.807, 2.05) is 0 Å². The van der Waals surface area contributed by atoms with Crippen molar-refractivity contribution in [3.63, 3.8) is 0 Å². The van der Waals surface area contributed by atoms with Gasteiger partial charge in [0.15, 0.2) is 0 Å². The van der Waals surface area contributed by atoms with E-state index in [0.29, 0.717) is 6.42 Å². The Bertz CT molecular complexity index is 452. The number of pyridine rings is 1. The molecule has 0 fully saturated rings. The Balaban J connectivity index is 2.90. The minimum absolute atomic E-state index is 0.0357. The number of nitrogens with zero attached hydrogens (tertiary/aromatic N) is 2. The maximum atomic E-state index is 12.4.